The zero-order chi connectivity index (χ0) is 21.8. The Labute approximate surface area is 183 Å². The second-order valence-electron chi connectivity index (χ2n) is 7.19. The van der Waals surface area contributed by atoms with Crippen molar-refractivity contribution in [3.8, 4) is 0 Å². The van der Waals surface area contributed by atoms with E-state index in [0.29, 0.717) is 42.1 Å². The van der Waals surface area contributed by atoms with Crippen LogP contribution in [0.25, 0.3) is 10.9 Å². The number of amides is 2. The van der Waals surface area contributed by atoms with Gasteiger partial charge in [0.1, 0.15) is 12.1 Å². The van der Waals surface area contributed by atoms with Crippen LogP contribution in [0.15, 0.2) is 53.3 Å². The van der Waals surface area contributed by atoms with Crippen LogP contribution < -0.4 is 15.8 Å². The Morgan fingerprint density at radius 3 is 2.45 bits per heavy atom. The first kappa shape index (κ1) is 20.8. The molecule has 9 nitrogen and oxygen atoms in total. The summed E-state index contributed by atoms with van der Waals surface area (Å²) in [6.45, 7) is 2.09. The third-order valence-electron chi connectivity index (χ3n) is 5.18. The number of rotatable bonds is 5. The highest BCUT2D eigenvalue weighted by molar-refractivity contribution is 6.30. The van der Waals surface area contributed by atoms with Crippen LogP contribution in [0, 0.1) is 0 Å². The third-order valence-corrected chi connectivity index (χ3v) is 5.44. The second kappa shape index (κ2) is 9.13. The smallest absolute Gasteiger partial charge is 0.278 e. The summed E-state index contributed by atoms with van der Waals surface area (Å²) in [6.07, 6.45) is 0. The van der Waals surface area contributed by atoms with E-state index in [4.69, 9.17) is 11.6 Å². The first-order valence-electron chi connectivity index (χ1n) is 9.89. The number of carbonyl (C=O) groups excluding carboxylic acids is 2. The predicted octanol–water partition coefficient (Wildman–Crippen LogP) is 0.910. The van der Waals surface area contributed by atoms with Crippen molar-refractivity contribution in [3.05, 3.63) is 63.9 Å². The maximum Gasteiger partial charge on any atom is 0.278 e. The molecule has 0 bridgehead atoms. The number of nitrogens with one attached hydrogen (secondary N) is 1. The van der Waals surface area contributed by atoms with Crippen molar-refractivity contribution in [1.82, 2.24) is 25.2 Å². The van der Waals surface area contributed by atoms with Crippen LogP contribution in [-0.2, 0) is 16.1 Å². The second-order valence-corrected chi connectivity index (χ2v) is 7.63. The summed E-state index contributed by atoms with van der Waals surface area (Å²) >= 11 is 5.93. The van der Waals surface area contributed by atoms with Gasteiger partial charge in [-0.25, -0.2) is 4.68 Å². The summed E-state index contributed by atoms with van der Waals surface area (Å²) in [7, 11) is 0. The zero-order valence-corrected chi connectivity index (χ0v) is 17.5. The van der Waals surface area contributed by atoms with E-state index in [1.807, 2.05) is 24.3 Å². The highest BCUT2D eigenvalue weighted by Crippen LogP contribution is 2.19. The highest BCUT2D eigenvalue weighted by Gasteiger charge is 2.21. The predicted molar refractivity (Wildman–Crippen MR) is 117 cm³/mol. The zero-order valence-electron chi connectivity index (χ0n) is 16.7. The quantitative estimate of drug-likeness (QED) is 0.633. The van der Waals surface area contributed by atoms with Crippen LogP contribution >= 0.6 is 11.6 Å². The minimum Gasteiger partial charge on any atom is -0.368 e. The number of halogens is 1. The number of anilines is 1. The molecule has 1 fully saturated rings. The maximum atomic E-state index is 12.5. The van der Waals surface area contributed by atoms with E-state index < -0.39 is 11.5 Å². The van der Waals surface area contributed by atoms with Crippen molar-refractivity contribution in [2.24, 2.45) is 0 Å². The molecule has 2 aromatic carbocycles. The molecule has 0 aliphatic carbocycles. The molecule has 0 saturated carbocycles. The Morgan fingerprint density at radius 1 is 1.00 bits per heavy atom. The Morgan fingerprint density at radius 2 is 1.71 bits per heavy atom. The molecule has 1 aromatic heterocycles. The number of benzene rings is 2. The van der Waals surface area contributed by atoms with Gasteiger partial charge < -0.3 is 15.1 Å². The fourth-order valence-corrected chi connectivity index (χ4v) is 3.60. The maximum absolute atomic E-state index is 12.5. The number of nitrogens with zero attached hydrogens (tertiary/aromatic N) is 5. The number of hydrogen-bond acceptors (Lipinski definition) is 6. The molecular weight excluding hydrogens is 420 g/mol. The summed E-state index contributed by atoms with van der Waals surface area (Å²) in [5.74, 6) is -0.638. The molecule has 10 heteroatoms. The van der Waals surface area contributed by atoms with E-state index in [1.165, 1.54) is 0 Å². The van der Waals surface area contributed by atoms with Gasteiger partial charge in [-0.1, -0.05) is 28.9 Å². The number of fused-ring (bicyclic) bond motifs is 1. The van der Waals surface area contributed by atoms with Gasteiger partial charge in [0.05, 0.1) is 11.9 Å². The lowest BCUT2D eigenvalue weighted by atomic mass is 10.2. The van der Waals surface area contributed by atoms with Crippen molar-refractivity contribution in [2.45, 2.75) is 6.54 Å². The molecule has 0 unspecified atom stereocenters. The molecule has 1 aliphatic heterocycles. The van der Waals surface area contributed by atoms with Crippen molar-refractivity contribution >= 4 is 40.0 Å². The number of hydrogen-bond donors (Lipinski definition) is 1. The summed E-state index contributed by atoms with van der Waals surface area (Å²) in [4.78, 5) is 41.0. The molecule has 2 amide bonds. The van der Waals surface area contributed by atoms with Gasteiger partial charge in [0.25, 0.3) is 5.56 Å². The Balaban J connectivity index is 1.27. The third kappa shape index (κ3) is 4.83. The monoisotopic (exact) mass is 440 g/mol. The van der Waals surface area contributed by atoms with E-state index in [9.17, 15) is 14.4 Å². The topological polar surface area (TPSA) is 100 Å². The molecule has 0 spiro atoms. The molecule has 1 aliphatic rings. The molecule has 1 N–H and O–H groups in total. The minimum atomic E-state index is -0.472. The molecule has 3 aromatic rings. The van der Waals surface area contributed by atoms with Crippen molar-refractivity contribution in [2.75, 3.05) is 37.6 Å². The van der Waals surface area contributed by atoms with Gasteiger partial charge in [0.15, 0.2) is 0 Å². The fraction of sp³-hybridized carbons (Fsp3) is 0.286. The Kier molecular flexibility index (Phi) is 6.13. The van der Waals surface area contributed by atoms with Crippen LogP contribution in [0.4, 0.5) is 5.69 Å². The number of piperazine rings is 1. The van der Waals surface area contributed by atoms with E-state index >= 15 is 0 Å². The molecule has 160 valence electrons. The van der Waals surface area contributed by atoms with Crippen molar-refractivity contribution < 1.29 is 9.59 Å². The highest BCUT2D eigenvalue weighted by atomic mass is 35.5. The van der Waals surface area contributed by atoms with Gasteiger partial charge in [0.2, 0.25) is 11.8 Å². The molecule has 1 saturated heterocycles. The lowest BCUT2D eigenvalue weighted by Gasteiger charge is -2.36. The molecule has 4 rings (SSSR count). The average Bonchev–Trinajstić information content (AvgIpc) is 2.80. The summed E-state index contributed by atoms with van der Waals surface area (Å²) in [5, 5.41) is 11.4. The average molecular weight is 441 g/mol. The first-order valence-corrected chi connectivity index (χ1v) is 10.3. The largest absolute Gasteiger partial charge is 0.368 e. The lowest BCUT2D eigenvalue weighted by molar-refractivity contribution is -0.133. The van der Waals surface area contributed by atoms with Crippen LogP contribution in [0.5, 0.6) is 0 Å². The van der Waals surface area contributed by atoms with Gasteiger partial charge in [-0.15, -0.1) is 5.10 Å². The first-order chi connectivity index (χ1) is 15.0. The Hall–Kier alpha value is -3.46. The van der Waals surface area contributed by atoms with Gasteiger partial charge in [-0.3, -0.25) is 14.4 Å². The van der Waals surface area contributed by atoms with Crippen molar-refractivity contribution in [3.63, 3.8) is 0 Å². The van der Waals surface area contributed by atoms with E-state index in [1.54, 1.807) is 29.2 Å². The summed E-state index contributed by atoms with van der Waals surface area (Å²) in [5.41, 5.74) is 1.13. The van der Waals surface area contributed by atoms with Gasteiger partial charge in [-0.2, -0.15) is 0 Å². The minimum absolute atomic E-state index is 0.129. The van der Waals surface area contributed by atoms with Gasteiger partial charge in [-0.05, 0) is 36.4 Å². The molecule has 0 atom stereocenters. The summed E-state index contributed by atoms with van der Waals surface area (Å²) in [6, 6.07) is 14.4. The molecule has 0 radical (unpaired) electrons. The number of aromatic nitrogens is 3. The molecule has 31 heavy (non-hydrogen) atoms. The lowest BCUT2D eigenvalue weighted by Crippen LogP contribution is -2.51. The standard InChI is InChI=1S/C21H21ClN6O3/c22-15-5-7-16(8-6-15)26-9-11-27(12-10-26)20(30)13-23-19(29)14-28-21(31)17-3-1-2-4-18(17)24-25-28/h1-8H,9-14H2,(H,23,29). The fourth-order valence-electron chi connectivity index (χ4n) is 3.47. The Bertz CT molecular complexity index is 1160. The van der Waals surface area contributed by atoms with E-state index in [-0.39, 0.29) is 19.0 Å². The van der Waals surface area contributed by atoms with Crippen LogP contribution in [0.3, 0.4) is 0 Å². The number of carbonyl (C=O) groups is 2. The van der Waals surface area contributed by atoms with E-state index in [0.717, 1.165) is 10.4 Å². The SMILES string of the molecule is O=C(Cn1nnc2ccccc2c1=O)NCC(=O)N1CCN(c2ccc(Cl)cc2)CC1. The summed E-state index contributed by atoms with van der Waals surface area (Å²) < 4.78 is 0.993. The van der Waals surface area contributed by atoms with Gasteiger partial charge in [0, 0.05) is 36.9 Å². The van der Waals surface area contributed by atoms with Gasteiger partial charge >= 0.3 is 0 Å². The van der Waals surface area contributed by atoms with Crippen LogP contribution in [0.2, 0.25) is 5.02 Å². The van der Waals surface area contributed by atoms with E-state index in [2.05, 4.69) is 20.5 Å². The van der Waals surface area contributed by atoms with Crippen molar-refractivity contribution in [1.29, 1.82) is 0 Å². The van der Waals surface area contributed by atoms with Crippen LogP contribution in [-0.4, -0.2) is 64.4 Å². The molecular formula is C21H21ClN6O3. The van der Waals surface area contributed by atoms with Crippen LogP contribution in [0.1, 0.15) is 0 Å². The molecule has 2 heterocycles. The normalized spacial score (nSPS) is 14.0.